The third kappa shape index (κ3) is 4.88. The Hall–Kier alpha value is -6.91. The van der Waals surface area contributed by atoms with Crippen LogP contribution in [-0.4, -0.2) is 19.5 Å². The standard InChI is InChI=1S/C47H30N4/c1-4-15-31(16-5-1)41-30-42(50-47(49-41)33-19-8-3-9-20-33)34-21-14-22-35(29-34)51-43-26-13-11-23-36(43)37-27-28-39-44(46(37)51)38-24-10-12-25-40(38)48-45(39)32-17-6-2-7-18-32/h1-30H. The van der Waals surface area contributed by atoms with E-state index < -0.39 is 0 Å². The molecule has 3 heterocycles. The first kappa shape index (κ1) is 29.0. The second-order valence-electron chi connectivity index (χ2n) is 12.8. The van der Waals surface area contributed by atoms with Crippen LogP contribution < -0.4 is 0 Å². The molecule has 0 aliphatic heterocycles. The van der Waals surface area contributed by atoms with Crippen LogP contribution in [0.5, 0.6) is 0 Å². The average molecular weight is 651 g/mol. The van der Waals surface area contributed by atoms with Crippen molar-refractivity contribution in [2.24, 2.45) is 0 Å². The van der Waals surface area contributed by atoms with Gasteiger partial charge in [-0.05, 0) is 30.3 Å². The Balaban J connectivity index is 1.26. The predicted octanol–water partition coefficient (Wildman–Crippen LogP) is 11.9. The van der Waals surface area contributed by atoms with Gasteiger partial charge in [-0.15, -0.1) is 0 Å². The number of aromatic nitrogens is 4. The SMILES string of the molecule is c1ccc(-c2cc(-c3cccc(-n4c5ccccc5c5ccc6c(-c7ccccc7)nc7ccccc7c6c54)c3)nc(-c3ccccc3)n2)cc1. The van der Waals surface area contributed by atoms with Crippen molar-refractivity contribution < 1.29 is 0 Å². The number of hydrogen-bond acceptors (Lipinski definition) is 3. The molecule has 10 rings (SSSR count). The van der Waals surface area contributed by atoms with Crippen LogP contribution >= 0.6 is 0 Å². The molecule has 0 N–H and O–H groups in total. The van der Waals surface area contributed by atoms with E-state index in [1.165, 1.54) is 21.7 Å². The summed E-state index contributed by atoms with van der Waals surface area (Å²) in [4.78, 5) is 15.4. The first-order valence-corrected chi connectivity index (χ1v) is 17.2. The highest BCUT2D eigenvalue weighted by molar-refractivity contribution is 6.26. The molecule has 0 amide bonds. The zero-order valence-corrected chi connectivity index (χ0v) is 27.6. The Labute approximate surface area is 295 Å². The summed E-state index contributed by atoms with van der Waals surface area (Å²) >= 11 is 0. The molecule has 7 aromatic carbocycles. The van der Waals surface area contributed by atoms with Gasteiger partial charge in [-0.1, -0.05) is 152 Å². The summed E-state index contributed by atoms with van der Waals surface area (Å²) in [6.07, 6.45) is 0. The fraction of sp³-hybridized carbons (Fsp3) is 0. The summed E-state index contributed by atoms with van der Waals surface area (Å²) in [6.45, 7) is 0. The van der Waals surface area contributed by atoms with Gasteiger partial charge in [0.25, 0.3) is 0 Å². The van der Waals surface area contributed by atoms with E-state index in [2.05, 4.69) is 162 Å². The molecule has 51 heavy (non-hydrogen) atoms. The van der Waals surface area contributed by atoms with Gasteiger partial charge in [0.05, 0.1) is 33.6 Å². The number of rotatable bonds is 5. The Kier molecular flexibility index (Phi) is 6.78. The second-order valence-corrected chi connectivity index (χ2v) is 12.8. The Morgan fingerprint density at radius 1 is 0.373 bits per heavy atom. The molecule has 0 saturated carbocycles. The van der Waals surface area contributed by atoms with E-state index in [0.29, 0.717) is 5.82 Å². The Morgan fingerprint density at radius 3 is 1.73 bits per heavy atom. The van der Waals surface area contributed by atoms with Crippen molar-refractivity contribution in [2.45, 2.75) is 0 Å². The smallest absolute Gasteiger partial charge is 0.160 e. The van der Waals surface area contributed by atoms with Crippen molar-refractivity contribution >= 4 is 43.5 Å². The van der Waals surface area contributed by atoms with E-state index in [1.807, 2.05) is 24.3 Å². The van der Waals surface area contributed by atoms with Gasteiger partial charge < -0.3 is 4.57 Å². The minimum atomic E-state index is 0.702. The van der Waals surface area contributed by atoms with Gasteiger partial charge in [0, 0.05) is 54.9 Å². The number of nitrogens with zero attached hydrogens (tertiary/aromatic N) is 4. The lowest BCUT2D eigenvalue weighted by Gasteiger charge is -2.15. The average Bonchev–Trinajstić information content (AvgIpc) is 3.56. The maximum Gasteiger partial charge on any atom is 0.160 e. The quantitative estimate of drug-likeness (QED) is 0.174. The van der Waals surface area contributed by atoms with Gasteiger partial charge in [0.15, 0.2) is 5.82 Å². The van der Waals surface area contributed by atoms with Crippen LogP contribution in [0.4, 0.5) is 0 Å². The molecule has 0 fully saturated rings. The molecule has 0 atom stereocenters. The Morgan fingerprint density at radius 2 is 0.961 bits per heavy atom. The molecule has 4 heteroatoms. The van der Waals surface area contributed by atoms with Crippen LogP contribution in [0.3, 0.4) is 0 Å². The summed E-state index contributed by atoms with van der Waals surface area (Å²) in [6, 6.07) is 63.7. The van der Waals surface area contributed by atoms with E-state index in [1.54, 1.807) is 0 Å². The fourth-order valence-electron chi connectivity index (χ4n) is 7.45. The number of para-hydroxylation sites is 2. The predicted molar refractivity (Wildman–Crippen MR) is 211 cm³/mol. The summed E-state index contributed by atoms with van der Waals surface area (Å²) in [5.41, 5.74) is 11.3. The molecule has 3 aromatic heterocycles. The van der Waals surface area contributed by atoms with Crippen molar-refractivity contribution in [3.05, 3.63) is 182 Å². The van der Waals surface area contributed by atoms with Gasteiger partial charge in [-0.25, -0.2) is 15.0 Å². The maximum absolute atomic E-state index is 5.23. The zero-order valence-electron chi connectivity index (χ0n) is 27.6. The molecule has 238 valence electrons. The number of fused-ring (bicyclic) bond motifs is 7. The normalized spacial score (nSPS) is 11.5. The van der Waals surface area contributed by atoms with E-state index in [9.17, 15) is 0 Å². The fourth-order valence-corrected chi connectivity index (χ4v) is 7.45. The van der Waals surface area contributed by atoms with Gasteiger partial charge in [0.2, 0.25) is 0 Å². The van der Waals surface area contributed by atoms with Crippen LogP contribution in [0.2, 0.25) is 0 Å². The maximum atomic E-state index is 5.23. The molecule has 0 aliphatic rings. The molecule has 0 radical (unpaired) electrons. The first-order chi connectivity index (χ1) is 25.3. The number of benzene rings is 7. The van der Waals surface area contributed by atoms with Gasteiger partial charge >= 0.3 is 0 Å². The lowest BCUT2D eigenvalue weighted by atomic mass is 9.97. The van der Waals surface area contributed by atoms with E-state index in [4.69, 9.17) is 15.0 Å². The molecular weight excluding hydrogens is 621 g/mol. The van der Waals surface area contributed by atoms with Crippen LogP contribution in [0.15, 0.2) is 182 Å². The lowest BCUT2D eigenvalue weighted by Crippen LogP contribution is -1.98. The summed E-state index contributed by atoms with van der Waals surface area (Å²) in [5.74, 6) is 0.702. The van der Waals surface area contributed by atoms with Gasteiger partial charge in [-0.3, -0.25) is 0 Å². The van der Waals surface area contributed by atoms with Crippen molar-refractivity contribution in [3.63, 3.8) is 0 Å². The van der Waals surface area contributed by atoms with Crippen LogP contribution in [0, 0.1) is 0 Å². The number of hydrogen-bond donors (Lipinski definition) is 0. The van der Waals surface area contributed by atoms with Crippen molar-refractivity contribution in [3.8, 4) is 50.8 Å². The molecule has 4 nitrogen and oxygen atoms in total. The Bertz CT molecular complexity index is 2840. The highest BCUT2D eigenvalue weighted by Gasteiger charge is 2.20. The topological polar surface area (TPSA) is 43.6 Å². The van der Waals surface area contributed by atoms with Gasteiger partial charge in [0.1, 0.15) is 0 Å². The molecular formula is C47H30N4. The highest BCUT2D eigenvalue weighted by atomic mass is 15.0. The number of pyridine rings is 1. The van der Waals surface area contributed by atoms with Crippen molar-refractivity contribution in [1.29, 1.82) is 0 Å². The van der Waals surface area contributed by atoms with E-state index in [0.717, 1.165) is 66.8 Å². The molecule has 0 bridgehead atoms. The minimum Gasteiger partial charge on any atom is -0.309 e. The second kappa shape index (κ2) is 11.9. The summed E-state index contributed by atoms with van der Waals surface area (Å²) in [5, 5.41) is 5.87. The molecule has 0 aliphatic carbocycles. The molecule has 0 spiro atoms. The summed E-state index contributed by atoms with van der Waals surface area (Å²) < 4.78 is 2.43. The van der Waals surface area contributed by atoms with E-state index >= 15 is 0 Å². The van der Waals surface area contributed by atoms with Gasteiger partial charge in [-0.2, -0.15) is 0 Å². The third-order valence-corrected chi connectivity index (χ3v) is 9.77. The first-order valence-electron chi connectivity index (χ1n) is 17.2. The molecule has 10 aromatic rings. The van der Waals surface area contributed by atoms with Crippen LogP contribution in [-0.2, 0) is 0 Å². The van der Waals surface area contributed by atoms with Crippen LogP contribution in [0.1, 0.15) is 0 Å². The molecule has 0 unspecified atom stereocenters. The largest absolute Gasteiger partial charge is 0.309 e. The third-order valence-electron chi connectivity index (χ3n) is 9.77. The highest BCUT2D eigenvalue weighted by Crippen LogP contribution is 2.42. The van der Waals surface area contributed by atoms with Crippen molar-refractivity contribution in [1.82, 2.24) is 19.5 Å². The monoisotopic (exact) mass is 650 g/mol. The summed E-state index contributed by atoms with van der Waals surface area (Å²) in [7, 11) is 0. The minimum absolute atomic E-state index is 0.702. The lowest BCUT2D eigenvalue weighted by molar-refractivity contribution is 1.17. The zero-order chi connectivity index (χ0) is 33.7. The van der Waals surface area contributed by atoms with Crippen molar-refractivity contribution in [2.75, 3.05) is 0 Å². The van der Waals surface area contributed by atoms with Crippen LogP contribution in [0.25, 0.3) is 94.3 Å². The molecule has 0 saturated heterocycles. The van der Waals surface area contributed by atoms with E-state index in [-0.39, 0.29) is 0 Å².